The van der Waals surface area contributed by atoms with Crippen molar-refractivity contribution in [1.82, 2.24) is 0 Å². The first kappa shape index (κ1) is 76.1. The van der Waals surface area contributed by atoms with Crippen molar-refractivity contribution >= 4 is 17.9 Å². The van der Waals surface area contributed by atoms with Crippen LogP contribution in [-0.4, -0.2) is 37.2 Å². The van der Waals surface area contributed by atoms with Gasteiger partial charge in [-0.15, -0.1) is 0 Å². The smallest absolute Gasteiger partial charge is 0.306 e. The lowest BCUT2D eigenvalue weighted by Gasteiger charge is -2.18. The van der Waals surface area contributed by atoms with Crippen LogP contribution in [-0.2, 0) is 28.6 Å². The van der Waals surface area contributed by atoms with Crippen molar-refractivity contribution in [3.63, 3.8) is 0 Å². The van der Waals surface area contributed by atoms with Crippen LogP contribution in [0.5, 0.6) is 0 Å². The normalized spacial score (nSPS) is 12.4. The SMILES string of the molecule is CC/C=C\C/C=C\C/C=C\C/C=C\CCCCCCCCCCCCCCC(=O)OCC(COC(=O)CCCCCCC/C=C\CCCCC)OC(=O)CCCCCCCCCCCCCCCCCCCCCCCCCC. The average molecular weight is 1110 g/mol. The quantitative estimate of drug-likeness (QED) is 0.0261. The molecule has 0 bridgehead atoms. The van der Waals surface area contributed by atoms with Crippen molar-refractivity contribution in [3.05, 3.63) is 60.8 Å². The molecule has 0 N–H and O–H groups in total. The van der Waals surface area contributed by atoms with Gasteiger partial charge in [0.15, 0.2) is 6.10 Å². The van der Waals surface area contributed by atoms with E-state index in [0.717, 1.165) is 89.9 Å². The molecule has 0 saturated carbocycles. The maximum Gasteiger partial charge on any atom is 0.306 e. The molecule has 79 heavy (non-hydrogen) atoms. The minimum Gasteiger partial charge on any atom is -0.462 e. The Labute approximate surface area is 491 Å². The highest BCUT2D eigenvalue weighted by Gasteiger charge is 2.19. The number of esters is 3. The van der Waals surface area contributed by atoms with Gasteiger partial charge in [-0.2, -0.15) is 0 Å². The molecule has 0 aromatic heterocycles. The molecule has 0 rings (SSSR count). The molecule has 6 nitrogen and oxygen atoms in total. The number of carbonyl (C=O) groups excluding carboxylic acids is 3. The molecule has 0 amide bonds. The van der Waals surface area contributed by atoms with E-state index in [4.69, 9.17) is 14.2 Å². The molecule has 460 valence electrons. The molecule has 0 aliphatic heterocycles. The van der Waals surface area contributed by atoms with E-state index in [9.17, 15) is 14.4 Å². The zero-order valence-corrected chi connectivity index (χ0v) is 52.9. The van der Waals surface area contributed by atoms with Crippen LogP contribution in [0.4, 0.5) is 0 Å². The fraction of sp³-hybridized carbons (Fsp3) is 0.822. The van der Waals surface area contributed by atoms with Gasteiger partial charge in [-0.25, -0.2) is 0 Å². The van der Waals surface area contributed by atoms with Crippen LogP contribution in [0, 0.1) is 0 Å². The summed E-state index contributed by atoms with van der Waals surface area (Å²) in [6.45, 7) is 6.56. The molecule has 0 aromatic carbocycles. The molecule has 0 aromatic rings. The van der Waals surface area contributed by atoms with Gasteiger partial charge in [0, 0.05) is 19.3 Å². The van der Waals surface area contributed by atoms with Crippen LogP contribution in [0.1, 0.15) is 367 Å². The predicted octanol–water partition coefficient (Wildman–Crippen LogP) is 23.9. The standard InChI is InChI=1S/C73H132O6/c1-4-7-10-13-16-19-22-25-27-29-31-33-35-37-39-40-42-44-46-48-51-54-57-60-63-66-72(75)78-69-70(68-77-71(74)65-62-59-56-53-50-24-21-18-15-12-9-6-3)79-73(76)67-64-61-58-55-52-49-47-45-43-41-38-36-34-32-30-28-26-23-20-17-14-11-8-5-2/h7,10,16,18-19,21,25,27,31,33,70H,4-6,8-9,11-15,17,20,22-24,26,28-30,32,34-69H2,1-3H3/b10-7-,19-16-,21-18-,27-25-,33-31-. The summed E-state index contributed by atoms with van der Waals surface area (Å²) in [5, 5.41) is 0. The summed E-state index contributed by atoms with van der Waals surface area (Å²) in [4.78, 5) is 38.4. The molecule has 0 spiro atoms. The third-order valence-electron chi connectivity index (χ3n) is 15.5. The highest BCUT2D eigenvalue weighted by Crippen LogP contribution is 2.18. The van der Waals surface area contributed by atoms with Gasteiger partial charge in [0.2, 0.25) is 0 Å². The van der Waals surface area contributed by atoms with Gasteiger partial charge in [0.05, 0.1) is 0 Å². The lowest BCUT2D eigenvalue weighted by molar-refractivity contribution is -0.167. The number of carbonyl (C=O) groups is 3. The highest BCUT2D eigenvalue weighted by molar-refractivity contribution is 5.71. The van der Waals surface area contributed by atoms with Crippen molar-refractivity contribution in [2.45, 2.75) is 374 Å². The van der Waals surface area contributed by atoms with Gasteiger partial charge in [-0.3, -0.25) is 14.4 Å². The maximum absolute atomic E-state index is 12.9. The highest BCUT2D eigenvalue weighted by atomic mass is 16.6. The number of hydrogen-bond acceptors (Lipinski definition) is 6. The number of ether oxygens (including phenoxy) is 3. The Morgan fingerprint density at radius 2 is 0.494 bits per heavy atom. The zero-order valence-electron chi connectivity index (χ0n) is 52.9. The van der Waals surface area contributed by atoms with Crippen LogP contribution >= 0.6 is 0 Å². The molecule has 0 fully saturated rings. The van der Waals surface area contributed by atoms with Crippen molar-refractivity contribution in [2.24, 2.45) is 0 Å². The van der Waals surface area contributed by atoms with E-state index in [2.05, 4.69) is 81.5 Å². The second kappa shape index (κ2) is 67.6. The van der Waals surface area contributed by atoms with Crippen molar-refractivity contribution < 1.29 is 28.6 Å². The second-order valence-electron chi connectivity index (χ2n) is 23.4. The van der Waals surface area contributed by atoms with Gasteiger partial charge in [0.25, 0.3) is 0 Å². The Bertz CT molecular complexity index is 1410. The molecular formula is C73H132O6. The minimum absolute atomic E-state index is 0.0738. The third kappa shape index (κ3) is 65.8. The molecule has 0 heterocycles. The van der Waals surface area contributed by atoms with E-state index in [-0.39, 0.29) is 31.1 Å². The average Bonchev–Trinajstić information content (AvgIpc) is 3.45. The number of hydrogen-bond donors (Lipinski definition) is 0. The molecule has 0 radical (unpaired) electrons. The van der Waals surface area contributed by atoms with E-state index >= 15 is 0 Å². The topological polar surface area (TPSA) is 78.9 Å². The Morgan fingerprint density at radius 3 is 0.810 bits per heavy atom. The summed E-state index contributed by atoms with van der Waals surface area (Å²) in [5.41, 5.74) is 0. The molecule has 0 aliphatic rings. The first-order valence-corrected chi connectivity index (χ1v) is 34.8. The summed E-state index contributed by atoms with van der Waals surface area (Å²) in [6, 6.07) is 0. The van der Waals surface area contributed by atoms with E-state index in [0.29, 0.717) is 19.3 Å². The maximum atomic E-state index is 12.9. The zero-order chi connectivity index (χ0) is 57.1. The molecule has 0 saturated heterocycles. The van der Waals surface area contributed by atoms with Crippen molar-refractivity contribution in [3.8, 4) is 0 Å². The summed E-state index contributed by atoms with van der Waals surface area (Å²) < 4.78 is 17.0. The lowest BCUT2D eigenvalue weighted by Crippen LogP contribution is -2.30. The number of rotatable bonds is 64. The molecule has 1 atom stereocenters. The first-order valence-electron chi connectivity index (χ1n) is 34.8. The number of allylic oxidation sites excluding steroid dienone is 10. The van der Waals surface area contributed by atoms with Crippen LogP contribution in [0.15, 0.2) is 60.8 Å². The predicted molar refractivity (Wildman–Crippen MR) is 344 cm³/mol. The van der Waals surface area contributed by atoms with Gasteiger partial charge < -0.3 is 14.2 Å². The molecule has 0 aliphatic carbocycles. The Morgan fingerprint density at radius 1 is 0.266 bits per heavy atom. The summed E-state index contributed by atoms with van der Waals surface area (Å²) in [7, 11) is 0. The van der Waals surface area contributed by atoms with Crippen LogP contribution in [0.25, 0.3) is 0 Å². The minimum atomic E-state index is -0.777. The van der Waals surface area contributed by atoms with Crippen molar-refractivity contribution in [1.29, 1.82) is 0 Å². The van der Waals surface area contributed by atoms with Gasteiger partial charge in [0.1, 0.15) is 13.2 Å². The summed E-state index contributed by atoms with van der Waals surface area (Å²) >= 11 is 0. The lowest BCUT2D eigenvalue weighted by atomic mass is 10.0. The largest absolute Gasteiger partial charge is 0.462 e. The van der Waals surface area contributed by atoms with Crippen LogP contribution < -0.4 is 0 Å². The van der Waals surface area contributed by atoms with Gasteiger partial charge in [-0.05, 0) is 83.5 Å². The Kier molecular flexibility index (Phi) is 65.1. The Balaban J connectivity index is 4.23. The summed E-state index contributed by atoms with van der Waals surface area (Å²) in [5.74, 6) is -0.861. The fourth-order valence-electron chi connectivity index (χ4n) is 10.3. The van der Waals surface area contributed by atoms with Crippen molar-refractivity contribution in [2.75, 3.05) is 13.2 Å². The van der Waals surface area contributed by atoms with E-state index in [1.54, 1.807) is 0 Å². The van der Waals surface area contributed by atoms with Crippen LogP contribution in [0.2, 0.25) is 0 Å². The molecular weight excluding hydrogens is 973 g/mol. The molecule has 1 unspecified atom stereocenters. The second-order valence-corrected chi connectivity index (χ2v) is 23.4. The summed E-state index contributed by atoms with van der Waals surface area (Å²) in [6.07, 6.45) is 86.8. The fourth-order valence-corrected chi connectivity index (χ4v) is 10.3. The Hall–Kier alpha value is -2.89. The molecule has 6 heteroatoms. The van der Waals surface area contributed by atoms with E-state index in [1.165, 1.54) is 238 Å². The first-order chi connectivity index (χ1) is 39.0. The third-order valence-corrected chi connectivity index (χ3v) is 15.5. The van der Waals surface area contributed by atoms with Gasteiger partial charge >= 0.3 is 17.9 Å². The van der Waals surface area contributed by atoms with E-state index in [1.807, 2.05) is 0 Å². The monoisotopic (exact) mass is 1110 g/mol. The van der Waals surface area contributed by atoms with Gasteiger partial charge in [-0.1, -0.05) is 326 Å². The number of unbranched alkanes of at least 4 members (excludes halogenated alkanes) is 43. The van der Waals surface area contributed by atoms with E-state index < -0.39 is 6.10 Å². The van der Waals surface area contributed by atoms with Crippen LogP contribution in [0.3, 0.4) is 0 Å².